The van der Waals surface area contributed by atoms with Crippen molar-refractivity contribution >= 4 is 16.9 Å². The maximum Gasteiger partial charge on any atom is 0.290 e. The van der Waals surface area contributed by atoms with Gasteiger partial charge in [0.15, 0.2) is 16.9 Å². The van der Waals surface area contributed by atoms with Gasteiger partial charge in [-0.2, -0.15) is 0 Å². The van der Waals surface area contributed by atoms with Crippen LogP contribution in [0.1, 0.15) is 54.4 Å². The van der Waals surface area contributed by atoms with Crippen molar-refractivity contribution in [2.75, 3.05) is 13.2 Å². The molecule has 3 aromatic rings. The number of hydrogen-bond acceptors (Lipinski definition) is 5. The minimum absolute atomic E-state index is 0.0193. The molecule has 4 rings (SSSR count). The van der Waals surface area contributed by atoms with Crippen molar-refractivity contribution in [1.29, 1.82) is 0 Å². The van der Waals surface area contributed by atoms with Gasteiger partial charge in [-0.05, 0) is 43.2 Å². The molecule has 2 aromatic carbocycles. The SMILES string of the molecule is CCCCN1C(=O)c2oc3ccccc3c(=O)c2[C@H]1c1ccc(O)c(OCC)c1. The van der Waals surface area contributed by atoms with E-state index in [0.29, 0.717) is 41.0 Å². The van der Waals surface area contributed by atoms with Gasteiger partial charge in [-0.15, -0.1) is 0 Å². The molecule has 0 fully saturated rings. The maximum atomic E-state index is 13.3. The predicted octanol–water partition coefficient (Wildman–Crippen LogP) is 4.24. The second kappa shape index (κ2) is 7.62. The largest absolute Gasteiger partial charge is 0.504 e. The molecule has 1 atom stereocenters. The van der Waals surface area contributed by atoms with Crippen LogP contribution in [-0.4, -0.2) is 29.1 Å². The summed E-state index contributed by atoms with van der Waals surface area (Å²) in [5.41, 5.74) is 1.25. The minimum Gasteiger partial charge on any atom is -0.504 e. The molecule has 6 heteroatoms. The number of phenolic OH excluding ortho intramolecular Hbond substituents is 1. The third kappa shape index (κ3) is 3.14. The lowest BCUT2D eigenvalue weighted by atomic mass is 9.98. The average molecular weight is 393 g/mol. The van der Waals surface area contributed by atoms with Gasteiger partial charge in [0, 0.05) is 6.54 Å². The molecule has 0 bridgehead atoms. The fourth-order valence-corrected chi connectivity index (χ4v) is 3.84. The van der Waals surface area contributed by atoms with Gasteiger partial charge in [0.05, 0.1) is 23.6 Å². The van der Waals surface area contributed by atoms with E-state index < -0.39 is 6.04 Å². The average Bonchev–Trinajstić information content (AvgIpc) is 3.00. The first-order valence-corrected chi connectivity index (χ1v) is 9.89. The summed E-state index contributed by atoms with van der Waals surface area (Å²) in [6, 6.07) is 11.3. The summed E-state index contributed by atoms with van der Waals surface area (Å²) < 4.78 is 11.4. The van der Waals surface area contributed by atoms with Crippen LogP contribution in [0.5, 0.6) is 11.5 Å². The molecule has 0 saturated carbocycles. The molecule has 1 aromatic heterocycles. The van der Waals surface area contributed by atoms with Crippen molar-refractivity contribution in [2.45, 2.75) is 32.7 Å². The van der Waals surface area contributed by atoms with Crippen LogP contribution >= 0.6 is 0 Å². The first-order chi connectivity index (χ1) is 14.1. The molecule has 0 aliphatic carbocycles. The molecule has 1 amide bonds. The zero-order valence-corrected chi connectivity index (χ0v) is 16.5. The van der Waals surface area contributed by atoms with Gasteiger partial charge in [0.1, 0.15) is 5.58 Å². The van der Waals surface area contributed by atoms with Crippen LogP contribution in [0.15, 0.2) is 51.7 Å². The van der Waals surface area contributed by atoms with E-state index in [4.69, 9.17) is 9.15 Å². The molecule has 2 heterocycles. The maximum absolute atomic E-state index is 13.3. The van der Waals surface area contributed by atoms with Crippen molar-refractivity contribution in [2.24, 2.45) is 0 Å². The van der Waals surface area contributed by atoms with Crippen LogP contribution in [-0.2, 0) is 0 Å². The predicted molar refractivity (Wildman–Crippen MR) is 110 cm³/mol. The zero-order valence-electron chi connectivity index (χ0n) is 16.5. The second-order valence-electron chi connectivity index (χ2n) is 7.08. The van der Waals surface area contributed by atoms with Crippen molar-refractivity contribution in [3.05, 3.63) is 69.6 Å². The van der Waals surface area contributed by atoms with Crippen molar-refractivity contribution in [3.8, 4) is 11.5 Å². The van der Waals surface area contributed by atoms with Crippen molar-refractivity contribution in [3.63, 3.8) is 0 Å². The number of para-hydroxylation sites is 1. The Hall–Kier alpha value is -3.28. The van der Waals surface area contributed by atoms with E-state index in [9.17, 15) is 14.7 Å². The van der Waals surface area contributed by atoms with Gasteiger partial charge in [-0.25, -0.2) is 0 Å². The summed E-state index contributed by atoms with van der Waals surface area (Å²) in [6.07, 6.45) is 1.72. The Morgan fingerprint density at radius 2 is 1.93 bits per heavy atom. The number of nitrogens with zero attached hydrogens (tertiary/aromatic N) is 1. The van der Waals surface area contributed by atoms with Crippen LogP contribution in [0.3, 0.4) is 0 Å². The fraction of sp³-hybridized carbons (Fsp3) is 0.304. The molecule has 0 radical (unpaired) electrons. The number of carbonyl (C=O) groups is 1. The smallest absolute Gasteiger partial charge is 0.290 e. The minimum atomic E-state index is -0.579. The Morgan fingerprint density at radius 1 is 1.14 bits per heavy atom. The molecule has 1 aliphatic rings. The third-order valence-corrected chi connectivity index (χ3v) is 5.23. The van der Waals surface area contributed by atoms with Crippen molar-refractivity contribution < 1.29 is 19.1 Å². The lowest BCUT2D eigenvalue weighted by Crippen LogP contribution is -2.30. The van der Waals surface area contributed by atoms with E-state index in [1.165, 1.54) is 6.07 Å². The number of hydrogen-bond donors (Lipinski definition) is 1. The van der Waals surface area contributed by atoms with Crippen LogP contribution in [0.25, 0.3) is 11.0 Å². The molecule has 150 valence electrons. The monoisotopic (exact) mass is 393 g/mol. The Morgan fingerprint density at radius 3 is 2.69 bits per heavy atom. The molecule has 1 N–H and O–H groups in total. The lowest BCUT2D eigenvalue weighted by molar-refractivity contribution is 0.0725. The van der Waals surface area contributed by atoms with Gasteiger partial charge in [-0.1, -0.05) is 31.5 Å². The highest BCUT2D eigenvalue weighted by atomic mass is 16.5. The summed E-state index contributed by atoms with van der Waals surface area (Å²) in [4.78, 5) is 28.2. The summed E-state index contributed by atoms with van der Waals surface area (Å²) in [7, 11) is 0. The Kier molecular flexibility index (Phi) is 5.01. The third-order valence-electron chi connectivity index (χ3n) is 5.23. The fourth-order valence-electron chi connectivity index (χ4n) is 3.84. The van der Waals surface area contributed by atoms with E-state index in [-0.39, 0.29) is 22.8 Å². The van der Waals surface area contributed by atoms with E-state index in [2.05, 4.69) is 0 Å². The number of fused-ring (bicyclic) bond motifs is 2. The molecule has 6 nitrogen and oxygen atoms in total. The Labute approximate surface area is 168 Å². The molecule has 29 heavy (non-hydrogen) atoms. The summed E-state index contributed by atoms with van der Waals surface area (Å²) >= 11 is 0. The Balaban J connectivity index is 1.94. The standard InChI is InChI=1S/C23H23NO5/c1-3-5-12-24-20(14-10-11-16(25)18(13-14)28-4-2)19-21(26)15-8-6-7-9-17(15)29-22(19)23(24)27/h6-11,13,20,25H,3-5,12H2,1-2H3/t20-/m1/s1. The Bertz CT molecular complexity index is 1130. The first-order valence-electron chi connectivity index (χ1n) is 9.89. The number of unbranched alkanes of at least 4 members (excludes halogenated alkanes) is 1. The highest BCUT2D eigenvalue weighted by Gasteiger charge is 2.42. The van der Waals surface area contributed by atoms with Gasteiger partial charge < -0.3 is 19.2 Å². The lowest BCUT2D eigenvalue weighted by Gasteiger charge is -2.25. The zero-order chi connectivity index (χ0) is 20.5. The van der Waals surface area contributed by atoms with Crippen LogP contribution in [0.2, 0.25) is 0 Å². The molecule has 0 spiro atoms. The molecule has 0 saturated heterocycles. The van der Waals surface area contributed by atoms with Crippen LogP contribution < -0.4 is 10.2 Å². The van der Waals surface area contributed by atoms with Gasteiger partial charge >= 0.3 is 0 Å². The molecule has 0 unspecified atom stereocenters. The summed E-state index contributed by atoms with van der Waals surface area (Å²) in [5, 5.41) is 10.5. The second-order valence-corrected chi connectivity index (χ2v) is 7.08. The number of ether oxygens (including phenoxy) is 1. The molecular weight excluding hydrogens is 370 g/mol. The van der Waals surface area contributed by atoms with E-state index in [0.717, 1.165) is 12.8 Å². The molecular formula is C23H23NO5. The van der Waals surface area contributed by atoms with Gasteiger partial charge in [0.25, 0.3) is 5.91 Å². The highest BCUT2D eigenvalue weighted by molar-refractivity contribution is 5.99. The van der Waals surface area contributed by atoms with Crippen LogP contribution in [0.4, 0.5) is 0 Å². The number of phenols is 1. The topological polar surface area (TPSA) is 80.0 Å². The van der Waals surface area contributed by atoms with Crippen molar-refractivity contribution in [1.82, 2.24) is 4.90 Å². The quantitative estimate of drug-likeness (QED) is 0.677. The molecule has 1 aliphatic heterocycles. The van der Waals surface area contributed by atoms with E-state index in [1.807, 2.05) is 13.8 Å². The van der Waals surface area contributed by atoms with E-state index >= 15 is 0 Å². The highest BCUT2D eigenvalue weighted by Crippen LogP contribution is 2.40. The summed E-state index contributed by atoms with van der Waals surface area (Å²) in [5.74, 6) is 0.158. The number of amides is 1. The van der Waals surface area contributed by atoms with Gasteiger partial charge in [0.2, 0.25) is 5.76 Å². The number of benzene rings is 2. The normalized spacial score (nSPS) is 15.7. The first kappa shape index (κ1) is 19.1. The number of carbonyl (C=O) groups excluding carboxylic acids is 1. The number of aromatic hydroxyl groups is 1. The van der Waals surface area contributed by atoms with Crippen LogP contribution in [0, 0.1) is 0 Å². The van der Waals surface area contributed by atoms with Gasteiger partial charge in [-0.3, -0.25) is 9.59 Å². The number of rotatable bonds is 6. The van der Waals surface area contributed by atoms with E-state index in [1.54, 1.807) is 41.3 Å². The summed E-state index contributed by atoms with van der Waals surface area (Å²) in [6.45, 7) is 4.78.